The zero-order valence-corrected chi connectivity index (χ0v) is 16.9. The predicted molar refractivity (Wildman–Crippen MR) is 111 cm³/mol. The Balaban J connectivity index is 1.89. The smallest absolute Gasteiger partial charge is 0.329 e. The van der Waals surface area contributed by atoms with Crippen molar-refractivity contribution in [2.24, 2.45) is 0 Å². The van der Waals surface area contributed by atoms with E-state index in [1.54, 1.807) is 48.5 Å². The highest BCUT2D eigenvalue weighted by Crippen LogP contribution is 2.26. The first-order chi connectivity index (χ1) is 13.9. The lowest BCUT2D eigenvalue weighted by atomic mass is 10.1. The third-order valence-electron chi connectivity index (χ3n) is 4.16. The number of amides is 4. The van der Waals surface area contributed by atoms with E-state index in [0.29, 0.717) is 27.0 Å². The molecule has 0 bridgehead atoms. The van der Waals surface area contributed by atoms with Crippen LogP contribution in [0.2, 0.25) is 10.0 Å². The number of nitrogens with one attached hydrogen (secondary N) is 2. The first-order valence-corrected chi connectivity index (χ1v) is 9.32. The number of imide groups is 1. The summed E-state index contributed by atoms with van der Waals surface area (Å²) in [6, 6.07) is 10.6. The molecule has 1 aliphatic heterocycles. The molecule has 29 heavy (non-hydrogen) atoms. The van der Waals surface area contributed by atoms with Crippen LogP contribution in [0.25, 0.3) is 6.08 Å². The summed E-state index contributed by atoms with van der Waals surface area (Å²) in [5.74, 6) is -0.551. The van der Waals surface area contributed by atoms with Crippen LogP contribution in [-0.4, -0.2) is 42.9 Å². The molecule has 7 nitrogen and oxygen atoms in total. The van der Waals surface area contributed by atoms with Crippen LogP contribution < -0.4 is 15.4 Å². The molecule has 3 rings (SSSR count). The lowest BCUT2D eigenvalue weighted by Crippen LogP contribution is -2.43. The Kier molecular flexibility index (Phi) is 6.41. The van der Waals surface area contributed by atoms with Crippen molar-refractivity contribution in [3.8, 4) is 5.75 Å². The van der Waals surface area contributed by atoms with Gasteiger partial charge in [0.25, 0.3) is 5.91 Å². The third-order valence-corrected chi connectivity index (χ3v) is 4.65. The second-order valence-corrected chi connectivity index (χ2v) is 7.03. The minimum atomic E-state index is -0.724. The first-order valence-electron chi connectivity index (χ1n) is 8.56. The van der Waals surface area contributed by atoms with Crippen molar-refractivity contribution < 1.29 is 19.1 Å². The molecule has 2 N–H and O–H groups in total. The molecule has 1 aliphatic rings. The Labute approximate surface area is 177 Å². The van der Waals surface area contributed by atoms with Gasteiger partial charge in [-0.15, -0.1) is 0 Å². The van der Waals surface area contributed by atoms with Crippen LogP contribution >= 0.6 is 23.2 Å². The van der Waals surface area contributed by atoms with E-state index in [0.717, 1.165) is 4.90 Å². The van der Waals surface area contributed by atoms with Gasteiger partial charge in [-0.25, -0.2) is 4.79 Å². The molecule has 0 atom stereocenters. The largest absolute Gasteiger partial charge is 0.496 e. The average Bonchev–Trinajstić information content (AvgIpc) is 2.83. The standard InChI is InChI=1S/C20H17Cl2N3O4/c1-29-17-7-4-15(22)9-12(17)8-13-10-23-18(26)11-25(19(13)27)20(28)24-16-5-2-14(21)3-6-16/h2-9H,10-11H2,1H3,(H,23,26)(H,24,28)/b13-8+. The van der Waals surface area contributed by atoms with E-state index in [2.05, 4.69) is 10.6 Å². The molecular weight excluding hydrogens is 417 g/mol. The molecule has 4 amide bonds. The zero-order valence-electron chi connectivity index (χ0n) is 15.4. The fraction of sp³-hybridized carbons (Fsp3) is 0.150. The van der Waals surface area contributed by atoms with Gasteiger partial charge < -0.3 is 15.4 Å². The number of hydrogen-bond donors (Lipinski definition) is 2. The summed E-state index contributed by atoms with van der Waals surface area (Å²) in [4.78, 5) is 38.5. The molecule has 1 heterocycles. The summed E-state index contributed by atoms with van der Waals surface area (Å²) in [5.41, 5.74) is 1.21. The predicted octanol–water partition coefficient (Wildman–Crippen LogP) is 3.58. The van der Waals surface area contributed by atoms with Crippen molar-refractivity contribution in [3.05, 3.63) is 63.6 Å². The molecule has 9 heteroatoms. The maximum Gasteiger partial charge on any atom is 0.329 e. The van der Waals surface area contributed by atoms with Crippen molar-refractivity contribution in [1.82, 2.24) is 10.2 Å². The molecule has 1 saturated heterocycles. The molecule has 150 valence electrons. The Bertz CT molecular complexity index is 990. The number of carbonyl (C=O) groups is 3. The van der Waals surface area contributed by atoms with Crippen LogP contribution in [0.15, 0.2) is 48.0 Å². The zero-order chi connectivity index (χ0) is 21.0. The SMILES string of the molecule is COc1ccc(Cl)cc1/C=C1\CNC(=O)CN(C(=O)Nc2ccc(Cl)cc2)C1=O. The molecular formula is C20H17Cl2N3O4. The van der Waals surface area contributed by atoms with Gasteiger partial charge in [-0.2, -0.15) is 0 Å². The van der Waals surface area contributed by atoms with Gasteiger partial charge in [0.05, 0.1) is 7.11 Å². The molecule has 0 unspecified atom stereocenters. The summed E-state index contributed by atoms with van der Waals surface area (Å²) in [6.07, 6.45) is 1.54. The maximum atomic E-state index is 13.0. The Hall–Kier alpha value is -3.03. The fourth-order valence-electron chi connectivity index (χ4n) is 2.72. The minimum absolute atomic E-state index is 0.0297. The van der Waals surface area contributed by atoms with E-state index in [-0.39, 0.29) is 12.1 Å². The fourth-order valence-corrected chi connectivity index (χ4v) is 3.03. The van der Waals surface area contributed by atoms with Gasteiger partial charge in [0, 0.05) is 33.4 Å². The Morgan fingerprint density at radius 3 is 2.52 bits per heavy atom. The van der Waals surface area contributed by atoms with E-state index >= 15 is 0 Å². The number of nitrogens with zero attached hydrogens (tertiary/aromatic N) is 1. The van der Waals surface area contributed by atoms with Crippen molar-refractivity contribution in [2.45, 2.75) is 0 Å². The van der Waals surface area contributed by atoms with Crippen molar-refractivity contribution >= 4 is 52.8 Å². The summed E-state index contributed by atoms with van der Waals surface area (Å²) >= 11 is 11.9. The van der Waals surface area contributed by atoms with Gasteiger partial charge in [0.2, 0.25) is 5.91 Å². The van der Waals surface area contributed by atoms with Crippen molar-refractivity contribution in [1.29, 1.82) is 0 Å². The number of rotatable bonds is 3. The summed E-state index contributed by atoms with van der Waals surface area (Å²) in [5, 5.41) is 6.17. The first kappa shape index (κ1) is 20.7. The highest BCUT2D eigenvalue weighted by Gasteiger charge is 2.30. The molecule has 1 fully saturated rings. The molecule has 0 spiro atoms. The summed E-state index contributed by atoms with van der Waals surface area (Å²) in [6.45, 7) is -0.430. The molecule has 0 radical (unpaired) electrons. The number of hydrogen-bond acceptors (Lipinski definition) is 4. The van der Waals surface area contributed by atoms with Crippen LogP contribution in [0.5, 0.6) is 5.75 Å². The van der Waals surface area contributed by atoms with Gasteiger partial charge in [0.1, 0.15) is 12.3 Å². The van der Waals surface area contributed by atoms with Crippen LogP contribution in [0.3, 0.4) is 0 Å². The van der Waals surface area contributed by atoms with Crippen LogP contribution in [0.1, 0.15) is 5.56 Å². The number of methoxy groups -OCH3 is 1. The normalized spacial score (nSPS) is 15.7. The van der Waals surface area contributed by atoms with Gasteiger partial charge in [-0.3, -0.25) is 14.5 Å². The second kappa shape index (κ2) is 8.98. The highest BCUT2D eigenvalue weighted by atomic mass is 35.5. The molecule has 0 aromatic heterocycles. The minimum Gasteiger partial charge on any atom is -0.496 e. The molecule has 0 saturated carbocycles. The number of benzene rings is 2. The Morgan fingerprint density at radius 1 is 1.14 bits per heavy atom. The van der Waals surface area contributed by atoms with E-state index < -0.39 is 24.4 Å². The van der Waals surface area contributed by atoms with Crippen LogP contribution in [0, 0.1) is 0 Å². The van der Waals surface area contributed by atoms with Gasteiger partial charge in [-0.05, 0) is 48.5 Å². The van der Waals surface area contributed by atoms with E-state index in [4.69, 9.17) is 27.9 Å². The number of carbonyl (C=O) groups excluding carboxylic acids is 3. The van der Waals surface area contributed by atoms with Gasteiger partial charge in [0.15, 0.2) is 0 Å². The third kappa shape index (κ3) is 5.07. The van der Waals surface area contributed by atoms with Gasteiger partial charge in [-0.1, -0.05) is 23.2 Å². The number of urea groups is 1. The van der Waals surface area contributed by atoms with E-state index in [1.807, 2.05) is 0 Å². The maximum absolute atomic E-state index is 13.0. The second-order valence-electron chi connectivity index (χ2n) is 6.16. The quantitative estimate of drug-likeness (QED) is 0.724. The van der Waals surface area contributed by atoms with E-state index in [1.165, 1.54) is 7.11 Å². The number of halogens is 2. The summed E-state index contributed by atoms with van der Waals surface area (Å²) < 4.78 is 5.29. The Morgan fingerprint density at radius 2 is 1.83 bits per heavy atom. The number of anilines is 1. The monoisotopic (exact) mass is 433 g/mol. The highest BCUT2D eigenvalue weighted by molar-refractivity contribution is 6.31. The molecule has 2 aromatic rings. The topological polar surface area (TPSA) is 87.7 Å². The van der Waals surface area contributed by atoms with Gasteiger partial charge >= 0.3 is 6.03 Å². The average molecular weight is 434 g/mol. The lowest BCUT2D eigenvalue weighted by Gasteiger charge is -2.19. The van der Waals surface area contributed by atoms with E-state index in [9.17, 15) is 14.4 Å². The molecule has 0 aliphatic carbocycles. The number of ether oxygens (including phenoxy) is 1. The van der Waals surface area contributed by atoms with Crippen molar-refractivity contribution in [2.75, 3.05) is 25.5 Å². The van der Waals surface area contributed by atoms with Crippen molar-refractivity contribution in [3.63, 3.8) is 0 Å². The van der Waals surface area contributed by atoms with Crippen LogP contribution in [0.4, 0.5) is 10.5 Å². The lowest BCUT2D eigenvalue weighted by molar-refractivity contribution is -0.128. The van der Waals surface area contributed by atoms with Crippen LogP contribution in [-0.2, 0) is 9.59 Å². The summed E-state index contributed by atoms with van der Waals surface area (Å²) in [7, 11) is 1.49. The molecule has 2 aromatic carbocycles.